The Bertz CT molecular complexity index is 471. The largest absolute Gasteiger partial charge is 0.463 e. The summed E-state index contributed by atoms with van der Waals surface area (Å²) in [6.45, 7) is 5.89. The van der Waals surface area contributed by atoms with Crippen LogP contribution in [0.2, 0.25) is 0 Å². The minimum absolute atomic E-state index is 0.209. The topological polar surface area (TPSA) is 52.6 Å². The average molecular weight is 262 g/mol. The van der Waals surface area contributed by atoms with Crippen LogP contribution in [0.4, 0.5) is 0 Å². The summed E-state index contributed by atoms with van der Waals surface area (Å²) in [6.07, 6.45) is 1.17. The van der Waals surface area contributed by atoms with Crippen LogP contribution >= 0.6 is 0 Å². The van der Waals surface area contributed by atoms with Gasteiger partial charge in [0.15, 0.2) is 0 Å². The van der Waals surface area contributed by atoms with E-state index in [1.54, 1.807) is 26.0 Å². The fourth-order valence-electron chi connectivity index (χ4n) is 1.50. The monoisotopic (exact) mass is 262 g/mol. The van der Waals surface area contributed by atoms with Crippen LogP contribution in [0.5, 0.6) is 0 Å². The van der Waals surface area contributed by atoms with E-state index >= 15 is 0 Å². The molecule has 0 aromatic heterocycles. The lowest BCUT2D eigenvalue weighted by atomic mass is 10.0. The average Bonchev–Trinajstić information content (AvgIpc) is 2.38. The number of hydrogen-bond donors (Lipinski definition) is 0. The predicted molar refractivity (Wildman–Crippen MR) is 72.4 cm³/mol. The maximum atomic E-state index is 11.9. The number of ether oxygens (including phenoxy) is 2. The Labute approximate surface area is 113 Å². The van der Waals surface area contributed by atoms with Crippen LogP contribution in [-0.4, -0.2) is 25.2 Å². The first kappa shape index (κ1) is 15.0. The zero-order valence-corrected chi connectivity index (χ0v) is 11.4. The molecule has 0 spiro atoms. The number of rotatable bonds is 5. The van der Waals surface area contributed by atoms with Gasteiger partial charge in [0, 0.05) is 6.08 Å². The standard InChI is InChI=1S/C15H18O4/c1-4-18-14(16)10-13(15(17)19-5-2)12-8-6-11(3)7-9-12/h6-10H,4-5H2,1-3H3/b13-10-. The van der Waals surface area contributed by atoms with Gasteiger partial charge in [-0.1, -0.05) is 29.8 Å². The van der Waals surface area contributed by atoms with Gasteiger partial charge < -0.3 is 9.47 Å². The molecule has 0 amide bonds. The van der Waals surface area contributed by atoms with Crippen molar-refractivity contribution in [1.82, 2.24) is 0 Å². The van der Waals surface area contributed by atoms with Crippen LogP contribution < -0.4 is 0 Å². The third kappa shape index (κ3) is 4.58. The molecule has 0 fully saturated rings. The SMILES string of the molecule is CCOC(=O)/C=C(\C(=O)OCC)c1ccc(C)cc1. The molecule has 4 heteroatoms. The van der Waals surface area contributed by atoms with Crippen LogP contribution in [0.1, 0.15) is 25.0 Å². The smallest absolute Gasteiger partial charge is 0.338 e. The molecule has 19 heavy (non-hydrogen) atoms. The number of hydrogen-bond acceptors (Lipinski definition) is 4. The molecule has 0 aliphatic carbocycles. The van der Waals surface area contributed by atoms with E-state index in [9.17, 15) is 9.59 Å². The molecule has 0 aliphatic rings. The molecule has 4 nitrogen and oxygen atoms in total. The van der Waals surface area contributed by atoms with Gasteiger partial charge in [0.1, 0.15) is 0 Å². The maximum Gasteiger partial charge on any atom is 0.338 e. The summed E-state index contributed by atoms with van der Waals surface area (Å²) in [4.78, 5) is 23.4. The van der Waals surface area contributed by atoms with Crippen molar-refractivity contribution in [1.29, 1.82) is 0 Å². The van der Waals surface area contributed by atoms with Crippen molar-refractivity contribution >= 4 is 17.5 Å². The first-order chi connectivity index (χ1) is 9.08. The highest BCUT2D eigenvalue weighted by Gasteiger charge is 2.15. The van der Waals surface area contributed by atoms with Gasteiger partial charge in [0.05, 0.1) is 18.8 Å². The van der Waals surface area contributed by atoms with E-state index < -0.39 is 11.9 Å². The Kier molecular flexibility index (Phi) is 5.79. The highest BCUT2D eigenvalue weighted by molar-refractivity contribution is 6.20. The molecule has 0 aliphatic heterocycles. The maximum absolute atomic E-state index is 11.9. The number of aryl methyl sites for hydroxylation is 1. The van der Waals surface area contributed by atoms with Crippen molar-refractivity contribution < 1.29 is 19.1 Å². The lowest BCUT2D eigenvalue weighted by Crippen LogP contribution is -2.10. The third-order valence-electron chi connectivity index (χ3n) is 2.41. The molecule has 0 saturated carbocycles. The number of carbonyl (C=O) groups excluding carboxylic acids is 2. The lowest BCUT2D eigenvalue weighted by Gasteiger charge is -2.07. The minimum atomic E-state index is -0.550. The van der Waals surface area contributed by atoms with Gasteiger partial charge in [-0.05, 0) is 26.3 Å². The predicted octanol–water partition coefficient (Wildman–Crippen LogP) is 2.50. The Morgan fingerprint density at radius 1 is 1.05 bits per heavy atom. The lowest BCUT2D eigenvalue weighted by molar-refractivity contribution is -0.139. The van der Waals surface area contributed by atoms with Crippen LogP contribution in [0, 0.1) is 6.92 Å². The summed E-state index contributed by atoms with van der Waals surface area (Å²) in [5, 5.41) is 0. The van der Waals surface area contributed by atoms with Gasteiger partial charge in [-0.3, -0.25) is 0 Å². The summed E-state index contributed by atoms with van der Waals surface area (Å²) in [6, 6.07) is 7.29. The minimum Gasteiger partial charge on any atom is -0.463 e. The van der Waals surface area contributed by atoms with E-state index in [4.69, 9.17) is 9.47 Å². The molecule has 0 radical (unpaired) electrons. The Morgan fingerprint density at radius 3 is 2.16 bits per heavy atom. The van der Waals surface area contributed by atoms with Crippen molar-refractivity contribution in [2.24, 2.45) is 0 Å². The summed E-state index contributed by atoms with van der Waals surface area (Å²) in [5.74, 6) is -1.08. The van der Waals surface area contributed by atoms with Gasteiger partial charge in [-0.25, -0.2) is 9.59 Å². The fraction of sp³-hybridized carbons (Fsp3) is 0.333. The molecule has 102 valence electrons. The third-order valence-corrected chi connectivity index (χ3v) is 2.41. The van der Waals surface area contributed by atoms with Gasteiger partial charge >= 0.3 is 11.9 Å². The van der Waals surface area contributed by atoms with Crippen molar-refractivity contribution in [3.8, 4) is 0 Å². The molecule has 1 aromatic carbocycles. The molecule has 0 N–H and O–H groups in total. The molecule has 1 rings (SSSR count). The second kappa shape index (κ2) is 7.36. The van der Waals surface area contributed by atoms with Gasteiger partial charge in [-0.2, -0.15) is 0 Å². The zero-order chi connectivity index (χ0) is 14.3. The normalized spacial score (nSPS) is 11.0. The number of benzene rings is 1. The van der Waals surface area contributed by atoms with E-state index in [2.05, 4.69) is 0 Å². The highest BCUT2D eigenvalue weighted by atomic mass is 16.5. The Morgan fingerprint density at radius 2 is 1.63 bits per heavy atom. The Hall–Kier alpha value is -2.10. The first-order valence-electron chi connectivity index (χ1n) is 6.21. The molecule has 0 unspecified atom stereocenters. The van der Waals surface area contributed by atoms with Crippen LogP contribution in [0.3, 0.4) is 0 Å². The van der Waals surface area contributed by atoms with Crippen molar-refractivity contribution in [2.45, 2.75) is 20.8 Å². The fourth-order valence-corrected chi connectivity index (χ4v) is 1.50. The first-order valence-corrected chi connectivity index (χ1v) is 6.21. The van der Waals surface area contributed by atoms with Crippen molar-refractivity contribution in [3.05, 3.63) is 41.5 Å². The van der Waals surface area contributed by atoms with E-state index in [1.165, 1.54) is 6.08 Å². The molecular weight excluding hydrogens is 244 g/mol. The summed E-state index contributed by atoms with van der Waals surface area (Å²) in [7, 11) is 0. The molecule has 0 bridgehead atoms. The van der Waals surface area contributed by atoms with Gasteiger partial charge in [0.25, 0.3) is 0 Å². The van der Waals surface area contributed by atoms with Crippen LogP contribution in [0.15, 0.2) is 30.3 Å². The second-order valence-electron chi connectivity index (χ2n) is 3.90. The summed E-state index contributed by atoms with van der Waals surface area (Å²) < 4.78 is 9.78. The van der Waals surface area contributed by atoms with Crippen molar-refractivity contribution in [2.75, 3.05) is 13.2 Å². The van der Waals surface area contributed by atoms with Gasteiger partial charge in [0.2, 0.25) is 0 Å². The molecule has 0 heterocycles. The Balaban J connectivity index is 3.08. The van der Waals surface area contributed by atoms with E-state index in [1.807, 2.05) is 19.1 Å². The summed E-state index contributed by atoms with van der Waals surface area (Å²) in [5.41, 5.74) is 1.92. The van der Waals surface area contributed by atoms with Crippen LogP contribution in [-0.2, 0) is 19.1 Å². The van der Waals surface area contributed by atoms with Gasteiger partial charge in [-0.15, -0.1) is 0 Å². The quantitative estimate of drug-likeness (QED) is 0.604. The second-order valence-corrected chi connectivity index (χ2v) is 3.90. The molecule has 0 atom stereocenters. The van der Waals surface area contributed by atoms with Crippen LogP contribution in [0.25, 0.3) is 5.57 Å². The summed E-state index contributed by atoms with van der Waals surface area (Å²) >= 11 is 0. The molecular formula is C15H18O4. The number of esters is 2. The number of carbonyl (C=O) groups is 2. The van der Waals surface area contributed by atoms with E-state index in [-0.39, 0.29) is 18.8 Å². The molecule has 1 aromatic rings. The highest BCUT2D eigenvalue weighted by Crippen LogP contribution is 2.17. The zero-order valence-electron chi connectivity index (χ0n) is 11.4. The van der Waals surface area contributed by atoms with E-state index in [0.29, 0.717) is 5.56 Å². The van der Waals surface area contributed by atoms with Crippen molar-refractivity contribution in [3.63, 3.8) is 0 Å². The molecule has 0 saturated heterocycles. The van der Waals surface area contributed by atoms with E-state index in [0.717, 1.165) is 5.56 Å².